The van der Waals surface area contributed by atoms with Crippen LogP contribution in [0.25, 0.3) is 0 Å². The zero-order chi connectivity index (χ0) is 19.5. The van der Waals surface area contributed by atoms with Crippen molar-refractivity contribution >= 4 is 17.7 Å². The Morgan fingerprint density at radius 3 is 2.14 bits per heavy atom. The van der Waals surface area contributed by atoms with Crippen molar-refractivity contribution in [2.45, 2.75) is 49.2 Å². The molecule has 5 nitrogen and oxygen atoms in total. The fourth-order valence-electron chi connectivity index (χ4n) is 3.30. The lowest BCUT2D eigenvalue weighted by molar-refractivity contribution is -0.120. The van der Waals surface area contributed by atoms with Gasteiger partial charge in [0.25, 0.3) is 0 Å². The lowest BCUT2D eigenvalue weighted by Crippen LogP contribution is -2.35. The molecule has 1 atom stereocenters. The maximum atomic E-state index is 13.0. The molecule has 1 aliphatic carbocycles. The fraction of sp³-hybridized carbons (Fsp3) is 0.318. The van der Waals surface area contributed by atoms with Gasteiger partial charge in [-0.25, -0.2) is 0 Å². The minimum Gasteiger partial charge on any atom is -0.344 e. The summed E-state index contributed by atoms with van der Waals surface area (Å²) >= 11 is 1.48. The second kappa shape index (κ2) is 8.19. The Morgan fingerprint density at radius 1 is 1.04 bits per heavy atom. The van der Waals surface area contributed by atoms with Gasteiger partial charge in [0.15, 0.2) is 5.16 Å². The molecule has 1 aliphatic rings. The molecular weight excluding hydrogens is 368 g/mol. The Kier molecular flexibility index (Phi) is 5.48. The molecule has 1 fully saturated rings. The molecule has 1 N–H and O–H groups in total. The quantitative estimate of drug-likeness (QED) is 0.609. The highest BCUT2D eigenvalue weighted by atomic mass is 32.2. The van der Waals surface area contributed by atoms with E-state index in [1.54, 1.807) is 0 Å². The Bertz CT molecular complexity index is 898. The Labute approximate surface area is 169 Å². The molecule has 1 heterocycles. The van der Waals surface area contributed by atoms with E-state index in [0.717, 1.165) is 34.9 Å². The summed E-state index contributed by atoms with van der Waals surface area (Å²) in [6, 6.07) is 20.4. The molecule has 0 bridgehead atoms. The van der Waals surface area contributed by atoms with Crippen molar-refractivity contribution < 1.29 is 4.79 Å². The van der Waals surface area contributed by atoms with E-state index in [1.807, 2.05) is 74.5 Å². The lowest BCUT2D eigenvalue weighted by atomic mass is 9.98. The van der Waals surface area contributed by atoms with E-state index in [4.69, 9.17) is 0 Å². The van der Waals surface area contributed by atoms with E-state index in [9.17, 15) is 4.79 Å². The third-order valence-electron chi connectivity index (χ3n) is 4.95. The van der Waals surface area contributed by atoms with Gasteiger partial charge in [0.05, 0.1) is 11.3 Å². The third kappa shape index (κ3) is 4.12. The van der Waals surface area contributed by atoms with Crippen LogP contribution in [0.2, 0.25) is 0 Å². The number of thioether (sulfide) groups is 1. The van der Waals surface area contributed by atoms with Crippen molar-refractivity contribution in [3.8, 4) is 0 Å². The number of nitrogens with zero attached hydrogens (tertiary/aromatic N) is 3. The summed E-state index contributed by atoms with van der Waals surface area (Å²) in [4.78, 5) is 13.0. The fourth-order valence-corrected chi connectivity index (χ4v) is 4.28. The van der Waals surface area contributed by atoms with Crippen LogP contribution in [0.4, 0.5) is 0 Å². The van der Waals surface area contributed by atoms with E-state index >= 15 is 0 Å². The number of aryl methyl sites for hydroxylation is 1. The minimum absolute atomic E-state index is 0.00861. The Balaban J connectivity index is 1.51. The summed E-state index contributed by atoms with van der Waals surface area (Å²) in [6.45, 7) is 3.90. The van der Waals surface area contributed by atoms with Crippen LogP contribution in [0.15, 0.2) is 65.8 Å². The number of aromatic nitrogens is 3. The van der Waals surface area contributed by atoms with Crippen LogP contribution in [-0.4, -0.2) is 25.9 Å². The largest absolute Gasteiger partial charge is 0.344 e. The van der Waals surface area contributed by atoms with Gasteiger partial charge in [-0.15, -0.1) is 10.2 Å². The predicted octanol–water partition coefficient (Wildman–Crippen LogP) is 4.31. The van der Waals surface area contributed by atoms with Gasteiger partial charge < -0.3 is 9.88 Å². The number of carbonyl (C=O) groups is 1. The van der Waals surface area contributed by atoms with E-state index in [2.05, 4.69) is 20.1 Å². The first kappa shape index (κ1) is 18.7. The number of hydrogen-bond acceptors (Lipinski definition) is 4. The maximum Gasteiger partial charge on any atom is 0.234 e. The van der Waals surface area contributed by atoms with E-state index in [-0.39, 0.29) is 17.2 Å². The van der Waals surface area contributed by atoms with Crippen LogP contribution in [-0.2, 0) is 4.79 Å². The number of benzene rings is 2. The first-order valence-electron chi connectivity index (χ1n) is 9.62. The van der Waals surface area contributed by atoms with Gasteiger partial charge >= 0.3 is 0 Å². The van der Waals surface area contributed by atoms with Crippen LogP contribution in [0, 0.1) is 6.92 Å². The van der Waals surface area contributed by atoms with Crippen molar-refractivity contribution in [3.05, 3.63) is 77.6 Å². The highest BCUT2D eigenvalue weighted by molar-refractivity contribution is 8.00. The van der Waals surface area contributed by atoms with Gasteiger partial charge in [0, 0.05) is 6.04 Å². The molecule has 144 valence electrons. The van der Waals surface area contributed by atoms with Crippen molar-refractivity contribution in [1.82, 2.24) is 20.1 Å². The molecule has 0 radical (unpaired) electrons. The predicted molar refractivity (Wildman–Crippen MR) is 111 cm³/mol. The number of rotatable bonds is 7. The van der Waals surface area contributed by atoms with Gasteiger partial charge in [-0.1, -0.05) is 72.4 Å². The number of hydrogen-bond donors (Lipinski definition) is 1. The van der Waals surface area contributed by atoms with Gasteiger partial charge in [-0.05, 0) is 37.8 Å². The maximum absolute atomic E-state index is 13.0. The van der Waals surface area contributed by atoms with Gasteiger partial charge in [0.2, 0.25) is 5.91 Å². The third-order valence-corrected chi connectivity index (χ3v) is 6.01. The summed E-state index contributed by atoms with van der Waals surface area (Å²) in [5.41, 5.74) is 2.13. The molecule has 4 rings (SSSR count). The van der Waals surface area contributed by atoms with E-state index in [0.29, 0.717) is 6.04 Å². The molecule has 6 heteroatoms. The van der Waals surface area contributed by atoms with Crippen LogP contribution in [0.5, 0.6) is 0 Å². The van der Waals surface area contributed by atoms with Crippen LogP contribution in [0.1, 0.15) is 48.8 Å². The topological polar surface area (TPSA) is 59.8 Å². The lowest BCUT2D eigenvalue weighted by Gasteiger charge is -2.22. The van der Waals surface area contributed by atoms with Crippen LogP contribution < -0.4 is 5.32 Å². The summed E-state index contributed by atoms with van der Waals surface area (Å²) in [5, 5.41) is 12.3. The molecule has 3 aromatic rings. The summed E-state index contributed by atoms with van der Waals surface area (Å²) in [5.74, 6) is 0.912. The van der Waals surface area contributed by atoms with Gasteiger partial charge in [-0.3, -0.25) is 4.79 Å². The van der Waals surface area contributed by atoms with Gasteiger partial charge in [0.1, 0.15) is 5.82 Å². The van der Waals surface area contributed by atoms with Crippen LogP contribution >= 0.6 is 11.8 Å². The zero-order valence-corrected chi connectivity index (χ0v) is 16.9. The molecule has 0 unspecified atom stereocenters. The molecular formula is C22H24N4OS. The average Bonchev–Trinajstić information content (AvgIpc) is 3.50. The molecule has 0 saturated heterocycles. The number of amides is 1. The van der Waals surface area contributed by atoms with E-state index < -0.39 is 0 Å². The molecule has 0 aliphatic heterocycles. The zero-order valence-electron chi connectivity index (χ0n) is 16.1. The monoisotopic (exact) mass is 392 g/mol. The van der Waals surface area contributed by atoms with Crippen molar-refractivity contribution in [2.75, 3.05) is 0 Å². The highest BCUT2D eigenvalue weighted by Gasteiger charge is 2.30. The highest BCUT2D eigenvalue weighted by Crippen LogP contribution is 2.39. The number of carbonyl (C=O) groups excluding carboxylic acids is 1. The first-order valence-corrected chi connectivity index (χ1v) is 10.5. The summed E-state index contributed by atoms with van der Waals surface area (Å²) < 4.78 is 2.17. The average molecular weight is 393 g/mol. The smallest absolute Gasteiger partial charge is 0.234 e. The standard InChI is InChI=1S/C22H24N4OS/c1-15(28-22-25-24-16(2)26(22)19-13-14-19)21(27)23-20(17-9-5-3-6-10-17)18-11-7-4-8-12-18/h3-12,15,19-20H,13-14H2,1-2H3,(H,23,27)/t15-/m0/s1. The van der Waals surface area contributed by atoms with E-state index in [1.165, 1.54) is 11.8 Å². The molecule has 1 aromatic heterocycles. The molecule has 0 spiro atoms. The SMILES string of the molecule is Cc1nnc(S[C@@H](C)C(=O)NC(c2ccccc2)c2ccccc2)n1C1CC1. The second-order valence-corrected chi connectivity index (χ2v) is 8.46. The van der Waals surface area contributed by atoms with Crippen molar-refractivity contribution in [3.63, 3.8) is 0 Å². The molecule has 1 saturated carbocycles. The first-order chi connectivity index (χ1) is 13.6. The molecule has 2 aromatic carbocycles. The normalized spacial score (nSPS) is 14.8. The second-order valence-electron chi connectivity index (χ2n) is 7.15. The Hall–Kier alpha value is -2.60. The van der Waals surface area contributed by atoms with Crippen LogP contribution in [0.3, 0.4) is 0 Å². The molecule has 1 amide bonds. The Morgan fingerprint density at radius 2 is 1.61 bits per heavy atom. The minimum atomic E-state index is -0.268. The van der Waals surface area contributed by atoms with Gasteiger partial charge in [-0.2, -0.15) is 0 Å². The number of nitrogens with one attached hydrogen (secondary N) is 1. The molecule has 28 heavy (non-hydrogen) atoms. The van der Waals surface area contributed by atoms with Crippen molar-refractivity contribution in [2.24, 2.45) is 0 Å². The van der Waals surface area contributed by atoms with Crippen molar-refractivity contribution in [1.29, 1.82) is 0 Å². The summed E-state index contributed by atoms with van der Waals surface area (Å²) in [6.07, 6.45) is 2.33. The summed E-state index contributed by atoms with van der Waals surface area (Å²) in [7, 11) is 0.